The van der Waals surface area contributed by atoms with Crippen LogP contribution >= 0.6 is 11.8 Å². The maximum atomic E-state index is 4.79. The monoisotopic (exact) mass is 378 g/mol. The minimum absolute atomic E-state index is 0.645. The van der Waals surface area contributed by atoms with Crippen molar-refractivity contribution in [1.82, 2.24) is 19.9 Å². The fourth-order valence-electron chi connectivity index (χ4n) is 3.54. The first-order chi connectivity index (χ1) is 13.3. The number of fused-ring (bicyclic) bond motifs is 1. The van der Waals surface area contributed by atoms with Gasteiger partial charge in [0.2, 0.25) is 0 Å². The summed E-state index contributed by atoms with van der Waals surface area (Å²) in [7, 11) is 0. The predicted octanol–water partition coefficient (Wildman–Crippen LogP) is 3.35. The minimum Gasteiger partial charge on any atom is -0.353 e. The second-order valence-corrected chi connectivity index (χ2v) is 7.88. The summed E-state index contributed by atoms with van der Waals surface area (Å²) in [5, 5.41) is 0.886. The van der Waals surface area contributed by atoms with Crippen molar-refractivity contribution >= 4 is 34.4 Å². The Kier molecular flexibility index (Phi) is 4.32. The topological polar surface area (TPSA) is 58.0 Å². The predicted molar refractivity (Wildman–Crippen MR) is 110 cm³/mol. The van der Waals surface area contributed by atoms with E-state index in [2.05, 4.69) is 20.9 Å². The molecular weight excluding hydrogens is 356 g/mol. The Morgan fingerprint density at radius 2 is 1.59 bits per heavy atom. The van der Waals surface area contributed by atoms with Crippen LogP contribution in [0, 0.1) is 0 Å². The summed E-state index contributed by atoms with van der Waals surface area (Å²) in [5.41, 5.74) is 3.11. The molecule has 2 aliphatic rings. The lowest BCUT2D eigenvalue weighted by Crippen LogP contribution is -2.47. The number of benzene rings is 1. The van der Waals surface area contributed by atoms with E-state index in [1.165, 1.54) is 18.5 Å². The van der Waals surface area contributed by atoms with E-state index in [9.17, 15) is 0 Å². The van der Waals surface area contributed by atoms with Crippen LogP contribution in [0.15, 0.2) is 41.7 Å². The number of rotatable bonds is 4. The van der Waals surface area contributed by atoms with Crippen LogP contribution in [-0.4, -0.2) is 52.4 Å². The van der Waals surface area contributed by atoms with Gasteiger partial charge in [-0.05, 0) is 31.2 Å². The molecule has 7 heteroatoms. The van der Waals surface area contributed by atoms with E-state index in [-0.39, 0.29) is 0 Å². The molecular formula is C20H22N6S. The van der Waals surface area contributed by atoms with Gasteiger partial charge in [0.1, 0.15) is 11.6 Å². The highest BCUT2D eigenvalue weighted by Gasteiger charge is 2.27. The van der Waals surface area contributed by atoms with Gasteiger partial charge in [0.15, 0.2) is 5.16 Å². The molecule has 6 nitrogen and oxygen atoms in total. The second-order valence-electron chi connectivity index (χ2n) is 7.10. The van der Waals surface area contributed by atoms with Crippen molar-refractivity contribution in [3.8, 4) is 0 Å². The van der Waals surface area contributed by atoms with Gasteiger partial charge >= 0.3 is 0 Å². The van der Waals surface area contributed by atoms with Crippen LogP contribution in [0.2, 0.25) is 0 Å². The summed E-state index contributed by atoms with van der Waals surface area (Å²) in [6, 6.07) is 10.2. The zero-order chi connectivity index (χ0) is 18.2. The van der Waals surface area contributed by atoms with E-state index < -0.39 is 0 Å². The highest BCUT2D eigenvalue weighted by Crippen LogP contribution is 2.40. The fourth-order valence-corrected chi connectivity index (χ4v) is 3.92. The summed E-state index contributed by atoms with van der Waals surface area (Å²) in [4.78, 5) is 23.5. The van der Waals surface area contributed by atoms with Gasteiger partial charge < -0.3 is 9.80 Å². The lowest BCUT2D eigenvalue weighted by Gasteiger charge is -2.36. The third kappa shape index (κ3) is 3.43. The van der Waals surface area contributed by atoms with Crippen molar-refractivity contribution in [2.75, 3.05) is 42.2 Å². The molecule has 2 fully saturated rings. The van der Waals surface area contributed by atoms with Gasteiger partial charge in [-0.2, -0.15) is 0 Å². The number of aromatic nitrogens is 4. The average Bonchev–Trinajstić information content (AvgIpc) is 3.59. The Labute approximate surface area is 163 Å². The third-order valence-electron chi connectivity index (χ3n) is 5.25. The molecule has 0 amide bonds. The molecule has 0 bridgehead atoms. The van der Waals surface area contributed by atoms with Crippen LogP contribution in [0.1, 0.15) is 24.5 Å². The summed E-state index contributed by atoms with van der Waals surface area (Å²) in [6.07, 6.45) is 6.46. The lowest BCUT2D eigenvalue weighted by molar-refractivity contribution is 0.636. The number of piperazine rings is 1. The maximum Gasteiger partial charge on any atom is 0.189 e. The summed E-state index contributed by atoms with van der Waals surface area (Å²) >= 11 is 1.63. The van der Waals surface area contributed by atoms with Crippen LogP contribution in [0.3, 0.4) is 0 Å². The fraction of sp³-hybridized carbons (Fsp3) is 0.400. The number of hydrogen-bond acceptors (Lipinski definition) is 7. The minimum atomic E-state index is 0.645. The summed E-state index contributed by atoms with van der Waals surface area (Å²) < 4.78 is 0. The van der Waals surface area contributed by atoms with Gasteiger partial charge in [-0.1, -0.05) is 23.9 Å². The van der Waals surface area contributed by atoms with Gasteiger partial charge in [-0.15, -0.1) is 0 Å². The van der Waals surface area contributed by atoms with Crippen molar-refractivity contribution in [2.24, 2.45) is 0 Å². The first-order valence-corrected chi connectivity index (χ1v) is 10.7. The number of nitrogens with zero attached hydrogens (tertiary/aromatic N) is 6. The first kappa shape index (κ1) is 16.7. The van der Waals surface area contributed by atoms with E-state index in [1.54, 1.807) is 11.8 Å². The average molecular weight is 379 g/mol. The lowest BCUT2D eigenvalue weighted by atomic mass is 10.2. The standard InChI is InChI=1S/C20H22N6S/c1-27-20-23-17(14-6-7-14)12-18(24-20)25-8-10-26(11-9-25)19-13-21-15-4-2-3-5-16(15)22-19/h2-5,12-14H,6-11H2,1H3. The molecule has 27 heavy (non-hydrogen) atoms. The number of anilines is 2. The molecule has 0 N–H and O–H groups in total. The number of thioether (sulfide) groups is 1. The van der Waals surface area contributed by atoms with E-state index in [0.717, 1.165) is 54.0 Å². The maximum absolute atomic E-state index is 4.79. The summed E-state index contributed by atoms with van der Waals surface area (Å²) in [5.74, 6) is 2.67. The molecule has 2 aromatic heterocycles. The smallest absolute Gasteiger partial charge is 0.189 e. The highest BCUT2D eigenvalue weighted by atomic mass is 32.2. The molecule has 1 aliphatic heterocycles. The van der Waals surface area contributed by atoms with Crippen LogP contribution in [0.25, 0.3) is 11.0 Å². The van der Waals surface area contributed by atoms with Crippen LogP contribution in [-0.2, 0) is 0 Å². The molecule has 0 atom stereocenters. The molecule has 0 spiro atoms. The van der Waals surface area contributed by atoms with E-state index in [0.29, 0.717) is 5.92 Å². The largest absolute Gasteiger partial charge is 0.353 e. The molecule has 1 aliphatic carbocycles. The SMILES string of the molecule is CSc1nc(C2CC2)cc(N2CCN(c3cnc4ccccc4n3)CC2)n1. The zero-order valence-electron chi connectivity index (χ0n) is 15.4. The van der Waals surface area contributed by atoms with Crippen molar-refractivity contribution < 1.29 is 0 Å². The molecule has 1 saturated heterocycles. The van der Waals surface area contributed by atoms with E-state index in [1.807, 2.05) is 36.7 Å². The molecule has 0 radical (unpaired) electrons. The van der Waals surface area contributed by atoms with Crippen molar-refractivity contribution in [3.63, 3.8) is 0 Å². The van der Waals surface area contributed by atoms with Gasteiger partial charge in [0.05, 0.1) is 22.9 Å². The Hall–Kier alpha value is -2.41. The van der Waals surface area contributed by atoms with Crippen LogP contribution in [0.4, 0.5) is 11.6 Å². The normalized spacial score (nSPS) is 17.5. The third-order valence-corrected chi connectivity index (χ3v) is 5.80. The molecule has 5 rings (SSSR count). The van der Waals surface area contributed by atoms with Crippen LogP contribution in [0.5, 0.6) is 0 Å². The molecule has 0 unspecified atom stereocenters. The van der Waals surface area contributed by atoms with Crippen LogP contribution < -0.4 is 9.80 Å². The van der Waals surface area contributed by atoms with Gasteiger partial charge in [-0.25, -0.2) is 15.0 Å². The quantitative estimate of drug-likeness (QED) is 0.510. The highest BCUT2D eigenvalue weighted by molar-refractivity contribution is 7.98. The van der Waals surface area contributed by atoms with Crippen molar-refractivity contribution in [2.45, 2.75) is 23.9 Å². The number of para-hydroxylation sites is 2. The zero-order valence-corrected chi connectivity index (χ0v) is 16.2. The van der Waals surface area contributed by atoms with Gasteiger partial charge in [0.25, 0.3) is 0 Å². The van der Waals surface area contributed by atoms with E-state index >= 15 is 0 Å². The molecule has 1 saturated carbocycles. The van der Waals surface area contributed by atoms with E-state index in [4.69, 9.17) is 15.0 Å². The van der Waals surface area contributed by atoms with Crippen molar-refractivity contribution in [1.29, 1.82) is 0 Å². The molecule has 1 aromatic carbocycles. The number of hydrogen-bond donors (Lipinski definition) is 0. The second kappa shape index (κ2) is 6.96. The summed E-state index contributed by atoms with van der Waals surface area (Å²) in [6.45, 7) is 3.71. The first-order valence-electron chi connectivity index (χ1n) is 9.45. The Morgan fingerprint density at radius 3 is 2.30 bits per heavy atom. The van der Waals surface area contributed by atoms with Gasteiger partial charge in [-0.3, -0.25) is 4.98 Å². The van der Waals surface area contributed by atoms with Crippen molar-refractivity contribution in [3.05, 3.63) is 42.2 Å². The molecule has 138 valence electrons. The Bertz CT molecular complexity index is 966. The molecule has 3 aromatic rings. The Morgan fingerprint density at radius 1 is 0.889 bits per heavy atom. The molecule has 3 heterocycles. The van der Waals surface area contributed by atoms with Gasteiger partial charge in [0, 0.05) is 38.2 Å². The Balaban J connectivity index is 1.33.